The van der Waals surface area contributed by atoms with E-state index >= 15 is 0 Å². The van der Waals surface area contributed by atoms with Gasteiger partial charge in [0.1, 0.15) is 24.1 Å². The number of carbonyl (C=O) groups is 2. The van der Waals surface area contributed by atoms with Crippen molar-refractivity contribution in [3.8, 4) is 6.07 Å². The van der Waals surface area contributed by atoms with E-state index < -0.39 is 17.6 Å². The highest BCUT2D eigenvalue weighted by molar-refractivity contribution is 6.08. The van der Waals surface area contributed by atoms with Gasteiger partial charge in [-0.05, 0) is 49.1 Å². The summed E-state index contributed by atoms with van der Waals surface area (Å²) in [7, 11) is 2.07. The average molecular weight is 506 g/mol. The maximum absolute atomic E-state index is 13.2. The molecule has 1 amide bonds. The fourth-order valence-corrected chi connectivity index (χ4v) is 4.16. The van der Waals surface area contributed by atoms with Crippen molar-refractivity contribution < 1.29 is 9.59 Å². The van der Waals surface area contributed by atoms with Crippen molar-refractivity contribution in [1.82, 2.24) is 15.7 Å². The number of hydrogen-bond donors (Lipinski definition) is 4. The first-order chi connectivity index (χ1) is 17.7. The highest BCUT2D eigenvalue weighted by atomic mass is 16.2. The summed E-state index contributed by atoms with van der Waals surface area (Å²) in [5, 5.41) is 12.5. The topological polar surface area (TPSA) is 150 Å². The molecule has 1 unspecified atom stereocenters. The molecule has 0 spiro atoms. The van der Waals surface area contributed by atoms with Gasteiger partial charge >= 0.3 is 0 Å². The number of nitriles is 1. The fraction of sp³-hybridized carbons (Fsp3) is 0.429. The molecule has 198 valence electrons. The molecule has 1 aromatic heterocycles. The molecular formula is C28H39N7O2. The summed E-state index contributed by atoms with van der Waals surface area (Å²) in [5.74, 6) is 4.56. The molecule has 0 saturated heterocycles. The summed E-state index contributed by atoms with van der Waals surface area (Å²) in [6.45, 7) is 6.21. The molecule has 1 saturated carbocycles. The van der Waals surface area contributed by atoms with E-state index in [1.807, 2.05) is 12.1 Å². The minimum Gasteiger partial charge on any atom is -0.392 e. The van der Waals surface area contributed by atoms with E-state index in [1.54, 1.807) is 36.5 Å². The molecule has 0 radical (unpaired) electrons. The SMILES string of the molecule is CC(C)(C)c1ccc(N(C(=O)/C(N)=C(\C#N)NN)C(C=O)c2cccnc2)cc1.CNC1CCCCC1. The summed E-state index contributed by atoms with van der Waals surface area (Å²) in [4.78, 5) is 30.4. The standard InChI is InChI=1S/C21H24N6O2.C7H15N/c1-21(2,3)15-6-8-16(9-7-15)27(20(29)19(23)17(11-22)26-24)18(13-28)14-5-4-10-25-12-14;1-8-7-5-3-2-4-6-7/h4-10,12-13,18,26H,23-24H2,1-3H3;7-8H,2-6H2,1H3/b19-17-;. The monoisotopic (exact) mass is 505 g/mol. The number of rotatable bonds is 7. The largest absolute Gasteiger partial charge is 0.392 e. The Labute approximate surface area is 219 Å². The number of hydrogen-bond acceptors (Lipinski definition) is 8. The van der Waals surface area contributed by atoms with Crippen LogP contribution >= 0.6 is 0 Å². The summed E-state index contributed by atoms with van der Waals surface area (Å²) < 4.78 is 0. The fourth-order valence-electron chi connectivity index (χ4n) is 4.16. The lowest BCUT2D eigenvalue weighted by Crippen LogP contribution is -2.41. The Morgan fingerprint density at radius 3 is 2.27 bits per heavy atom. The third-order valence-electron chi connectivity index (χ3n) is 6.43. The second kappa shape index (κ2) is 14.1. The van der Waals surface area contributed by atoms with Crippen LogP contribution in [0.25, 0.3) is 0 Å². The van der Waals surface area contributed by atoms with Gasteiger partial charge in [-0.2, -0.15) is 5.26 Å². The predicted octanol–water partition coefficient (Wildman–Crippen LogP) is 3.35. The van der Waals surface area contributed by atoms with E-state index in [0.717, 1.165) is 11.6 Å². The Morgan fingerprint density at radius 1 is 1.19 bits per heavy atom. The third-order valence-corrected chi connectivity index (χ3v) is 6.43. The van der Waals surface area contributed by atoms with Gasteiger partial charge < -0.3 is 21.3 Å². The highest BCUT2D eigenvalue weighted by Gasteiger charge is 2.30. The van der Waals surface area contributed by atoms with Crippen LogP contribution in [0.2, 0.25) is 0 Å². The van der Waals surface area contributed by atoms with Gasteiger partial charge in [0.15, 0.2) is 5.70 Å². The lowest BCUT2D eigenvalue weighted by molar-refractivity contribution is -0.118. The number of carbonyl (C=O) groups excluding carboxylic acids is 2. The van der Waals surface area contributed by atoms with Crippen molar-refractivity contribution in [3.05, 3.63) is 71.3 Å². The molecule has 1 aliphatic carbocycles. The normalized spacial score (nSPS) is 15.2. The number of aldehydes is 1. The average Bonchev–Trinajstić information content (AvgIpc) is 2.92. The summed E-state index contributed by atoms with van der Waals surface area (Å²) in [6.07, 6.45) is 10.8. The van der Waals surface area contributed by atoms with E-state index in [4.69, 9.17) is 16.8 Å². The molecule has 0 bridgehead atoms. The number of nitrogens with two attached hydrogens (primary N) is 2. The molecule has 37 heavy (non-hydrogen) atoms. The number of hydrazine groups is 1. The first-order valence-corrected chi connectivity index (χ1v) is 12.5. The summed E-state index contributed by atoms with van der Waals surface area (Å²) >= 11 is 0. The Kier molecular flexibility index (Phi) is 11.2. The predicted molar refractivity (Wildman–Crippen MR) is 146 cm³/mol. The smallest absolute Gasteiger partial charge is 0.278 e. The van der Waals surface area contributed by atoms with Gasteiger partial charge in [-0.3, -0.25) is 14.7 Å². The number of amides is 1. The van der Waals surface area contributed by atoms with Crippen molar-refractivity contribution in [1.29, 1.82) is 5.26 Å². The molecule has 3 rings (SSSR count). The maximum Gasteiger partial charge on any atom is 0.278 e. The van der Waals surface area contributed by atoms with Crippen molar-refractivity contribution in [2.24, 2.45) is 11.6 Å². The van der Waals surface area contributed by atoms with Crippen molar-refractivity contribution in [2.45, 2.75) is 70.4 Å². The highest BCUT2D eigenvalue weighted by Crippen LogP contribution is 2.30. The van der Waals surface area contributed by atoms with Crippen LogP contribution < -0.4 is 27.2 Å². The zero-order chi connectivity index (χ0) is 27.4. The van der Waals surface area contributed by atoms with E-state index in [2.05, 4.69) is 43.5 Å². The first-order valence-electron chi connectivity index (χ1n) is 12.5. The lowest BCUT2D eigenvalue weighted by atomic mass is 9.87. The molecule has 2 aromatic rings. The molecule has 1 heterocycles. The second-order valence-electron chi connectivity index (χ2n) is 10.0. The van der Waals surface area contributed by atoms with Gasteiger partial charge in [0, 0.05) is 29.7 Å². The van der Waals surface area contributed by atoms with Crippen LogP contribution in [0.15, 0.2) is 60.2 Å². The summed E-state index contributed by atoms with van der Waals surface area (Å²) in [5.41, 5.74) is 9.22. The van der Waals surface area contributed by atoms with Crippen LogP contribution in [0.3, 0.4) is 0 Å². The Bertz CT molecular complexity index is 1080. The van der Waals surface area contributed by atoms with E-state index in [0.29, 0.717) is 17.5 Å². The number of nitrogens with one attached hydrogen (secondary N) is 2. The molecular weight excluding hydrogens is 466 g/mol. The van der Waals surface area contributed by atoms with E-state index in [-0.39, 0.29) is 11.1 Å². The number of anilines is 1. The number of benzene rings is 1. The molecule has 9 nitrogen and oxygen atoms in total. The number of nitrogens with zero attached hydrogens (tertiary/aromatic N) is 3. The molecule has 6 N–H and O–H groups in total. The number of aromatic nitrogens is 1. The number of pyridine rings is 1. The second-order valence-corrected chi connectivity index (χ2v) is 10.0. The number of allylic oxidation sites excluding steroid dienone is 1. The van der Waals surface area contributed by atoms with Gasteiger partial charge in [-0.1, -0.05) is 58.2 Å². The van der Waals surface area contributed by atoms with Gasteiger partial charge in [0.2, 0.25) is 0 Å². The Hall–Kier alpha value is -3.74. The molecule has 1 aromatic carbocycles. The van der Waals surface area contributed by atoms with Gasteiger partial charge in [0.25, 0.3) is 5.91 Å². The minimum atomic E-state index is -0.993. The van der Waals surface area contributed by atoms with E-state index in [1.165, 1.54) is 43.2 Å². The maximum atomic E-state index is 13.2. The van der Waals surface area contributed by atoms with Gasteiger partial charge in [-0.25, -0.2) is 5.84 Å². The van der Waals surface area contributed by atoms with Crippen LogP contribution in [0, 0.1) is 11.3 Å². The zero-order valence-electron chi connectivity index (χ0n) is 22.2. The van der Waals surface area contributed by atoms with Gasteiger partial charge in [-0.15, -0.1) is 0 Å². The van der Waals surface area contributed by atoms with Crippen molar-refractivity contribution >= 4 is 17.9 Å². The van der Waals surface area contributed by atoms with Crippen LogP contribution in [0.4, 0.5) is 5.69 Å². The molecule has 0 aliphatic heterocycles. The first kappa shape index (κ1) is 29.5. The van der Waals surface area contributed by atoms with Crippen molar-refractivity contribution in [2.75, 3.05) is 11.9 Å². The van der Waals surface area contributed by atoms with Gasteiger partial charge in [0.05, 0.1) is 0 Å². The Morgan fingerprint density at radius 2 is 1.84 bits per heavy atom. The molecule has 1 atom stereocenters. The van der Waals surface area contributed by atoms with Crippen molar-refractivity contribution in [3.63, 3.8) is 0 Å². The van der Waals surface area contributed by atoms with Crippen LogP contribution in [0.1, 0.15) is 70.0 Å². The van der Waals surface area contributed by atoms with Crippen LogP contribution in [0.5, 0.6) is 0 Å². The van der Waals surface area contributed by atoms with Crippen LogP contribution in [-0.2, 0) is 15.0 Å². The summed E-state index contributed by atoms with van der Waals surface area (Å²) in [6, 6.07) is 12.2. The third kappa shape index (κ3) is 8.13. The Balaban J connectivity index is 0.000000510. The molecule has 1 fully saturated rings. The minimum absolute atomic E-state index is 0.0862. The van der Waals surface area contributed by atoms with Crippen LogP contribution in [-0.4, -0.2) is 30.3 Å². The lowest BCUT2D eigenvalue weighted by Gasteiger charge is -2.29. The molecule has 1 aliphatic rings. The molecule has 9 heteroatoms. The quantitative estimate of drug-likeness (QED) is 0.147. The zero-order valence-corrected chi connectivity index (χ0v) is 22.2. The van der Waals surface area contributed by atoms with E-state index in [9.17, 15) is 9.59 Å².